The lowest BCUT2D eigenvalue weighted by Crippen LogP contribution is -2.04. The van der Waals surface area contributed by atoms with Crippen LogP contribution >= 0.6 is 0 Å². The topological polar surface area (TPSA) is 59.6 Å². The average Bonchev–Trinajstić information content (AvgIpc) is 2.34. The fraction of sp³-hybridized carbons (Fsp3) is 0.167. The summed E-state index contributed by atoms with van der Waals surface area (Å²) in [6.07, 6.45) is -3.12. The lowest BCUT2D eigenvalue weighted by Gasteiger charge is -2.07. The molecule has 3 nitrogen and oxygen atoms in total. The molecule has 0 aromatic heterocycles. The van der Waals surface area contributed by atoms with Crippen LogP contribution in [0, 0.1) is 22.7 Å². The second-order valence-electron chi connectivity index (χ2n) is 3.34. The van der Waals surface area contributed by atoms with Crippen LogP contribution in [0.2, 0.25) is 0 Å². The summed E-state index contributed by atoms with van der Waals surface area (Å²) in [6.45, 7) is 0. The van der Waals surface area contributed by atoms with Crippen LogP contribution in [0.25, 0.3) is 0 Å². The third-order valence-corrected chi connectivity index (χ3v) is 2.04. The number of rotatable bonds is 3. The Morgan fingerprint density at radius 3 is 2.28 bits per heavy atom. The van der Waals surface area contributed by atoms with Crippen molar-refractivity contribution in [3.05, 3.63) is 41.6 Å². The van der Waals surface area contributed by atoms with Crippen molar-refractivity contribution in [3.8, 4) is 12.1 Å². The van der Waals surface area contributed by atoms with Crippen LogP contribution in [0.1, 0.15) is 12.0 Å². The fourth-order valence-corrected chi connectivity index (χ4v) is 1.13. The molecular weight excluding hydrogens is 243 g/mol. The zero-order valence-electron chi connectivity index (χ0n) is 9.12. The van der Waals surface area contributed by atoms with Crippen molar-refractivity contribution in [2.24, 2.45) is 0 Å². The van der Waals surface area contributed by atoms with Gasteiger partial charge in [-0.15, -0.1) is 0 Å². The minimum Gasteiger partial charge on any atom is -0.361 e. The van der Waals surface area contributed by atoms with E-state index in [1.807, 2.05) is 0 Å². The maximum atomic E-state index is 12.3. The van der Waals surface area contributed by atoms with E-state index in [2.05, 4.69) is 5.32 Å². The Balaban J connectivity index is 2.77. The van der Waals surface area contributed by atoms with Crippen molar-refractivity contribution in [2.45, 2.75) is 12.6 Å². The molecule has 0 amide bonds. The molecule has 0 saturated heterocycles. The predicted octanol–water partition coefficient (Wildman–Crippen LogP) is 3.44. The highest BCUT2D eigenvalue weighted by molar-refractivity contribution is 5.48. The molecule has 92 valence electrons. The van der Waals surface area contributed by atoms with E-state index >= 15 is 0 Å². The standard InChI is InChI=1S/C12H8F3N3/c13-12(14,15)10-1-3-11(4-2-10)18-8-9(7-17)5-6-16/h1-4,8,18H,5H2. The smallest absolute Gasteiger partial charge is 0.361 e. The zero-order valence-corrected chi connectivity index (χ0v) is 9.12. The van der Waals surface area contributed by atoms with Gasteiger partial charge in [0.15, 0.2) is 0 Å². The van der Waals surface area contributed by atoms with Crippen LogP contribution in [0.4, 0.5) is 18.9 Å². The molecule has 18 heavy (non-hydrogen) atoms. The molecule has 1 rings (SSSR count). The van der Waals surface area contributed by atoms with Crippen molar-refractivity contribution >= 4 is 5.69 Å². The van der Waals surface area contributed by atoms with Crippen LogP contribution in [-0.2, 0) is 6.18 Å². The van der Waals surface area contributed by atoms with Crippen LogP contribution in [0.15, 0.2) is 36.0 Å². The molecule has 1 aromatic rings. The summed E-state index contributed by atoms with van der Waals surface area (Å²) < 4.78 is 36.8. The number of benzene rings is 1. The molecule has 0 bridgehead atoms. The van der Waals surface area contributed by atoms with Gasteiger partial charge in [0.05, 0.1) is 29.7 Å². The molecule has 1 N–H and O–H groups in total. The molecule has 1 aromatic carbocycles. The Bertz CT molecular complexity index is 515. The van der Waals surface area contributed by atoms with E-state index in [1.165, 1.54) is 18.3 Å². The first kappa shape index (κ1) is 13.6. The van der Waals surface area contributed by atoms with Crippen molar-refractivity contribution in [2.75, 3.05) is 5.32 Å². The van der Waals surface area contributed by atoms with Crippen molar-refractivity contribution in [3.63, 3.8) is 0 Å². The first-order valence-corrected chi connectivity index (χ1v) is 4.87. The largest absolute Gasteiger partial charge is 0.416 e. The van der Waals surface area contributed by atoms with Gasteiger partial charge >= 0.3 is 6.18 Å². The molecule has 0 aliphatic rings. The number of hydrogen-bond acceptors (Lipinski definition) is 3. The number of anilines is 1. The van der Waals surface area contributed by atoms with Gasteiger partial charge in [0.2, 0.25) is 0 Å². The summed E-state index contributed by atoms with van der Waals surface area (Å²) >= 11 is 0. The fourth-order valence-electron chi connectivity index (χ4n) is 1.13. The summed E-state index contributed by atoms with van der Waals surface area (Å²) in [6, 6.07) is 7.98. The minimum absolute atomic E-state index is 0.0515. The highest BCUT2D eigenvalue weighted by atomic mass is 19.4. The number of nitriles is 2. The predicted molar refractivity (Wildman–Crippen MR) is 59.0 cm³/mol. The number of nitrogens with zero attached hydrogens (tertiary/aromatic N) is 2. The van der Waals surface area contributed by atoms with E-state index in [1.54, 1.807) is 12.1 Å². The molecule has 0 unspecified atom stereocenters. The lowest BCUT2D eigenvalue weighted by molar-refractivity contribution is -0.137. The average molecular weight is 251 g/mol. The van der Waals surface area contributed by atoms with Gasteiger partial charge in [-0.25, -0.2) is 0 Å². The summed E-state index contributed by atoms with van der Waals surface area (Å²) in [5, 5.41) is 19.7. The van der Waals surface area contributed by atoms with Crippen molar-refractivity contribution in [1.82, 2.24) is 0 Å². The maximum Gasteiger partial charge on any atom is 0.416 e. The molecule has 0 aliphatic heterocycles. The van der Waals surface area contributed by atoms with Gasteiger partial charge < -0.3 is 5.32 Å². The van der Waals surface area contributed by atoms with E-state index in [0.29, 0.717) is 5.69 Å². The number of halogens is 3. The molecule has 0 atom stereocenters. The Kier molecular flexibility index (Phi) is 4.33. The zero-order chi connectivity index (χ0) is 13.6. The Labute approximate surface area is 102 Å². The van der Waals surface area contributed by atoms with Gasteiger partial charge in [-0.3, -0.25) is 0 Å². The SMILES string of the molecule is N#CCC(C#N)=CNc1ccc(C(F)(F)F)cc1. The van der Waals surface area contributed by atoms with Crippen molar-refractivity contribution < 1.29 is 13.2 Å². The highest BCUT2D eigenvalue weighted by Crippen LogP contribution is 2.29. The molecule has 0 fully saturated rings. The molecule has 0 heterocycles. The number of alkyl halides is 3. The minimum atomic E-state index is -4.37. The Morgan fingerprint density at radius 1 is 1.22 bits per heavy atom. The summed E-state index contributed by atoms with van der Waals surface area (Å²) in [5.41, 5.74) is -0.124. The van der Waals surface area contributed by atoms with E-state index in [4.69, 9.17) is 10.5 Å². The van der Waals surface area contributed by atoms with Crippen LogP contribution in [0.3, 0.4) is 0 Å². The third-order valence-electron chi connectivity index (χ3n) is 2.04. The van der Waals surface area contributed by atoms with Gasteiger partial charge in [-0.05, 0) is 24.3 Å². The van der Waals surface area contributed by atoms with Gasteiger partial charge in [-0.1, -0.05) is 0 Å². The molecule has 0 saturated carbocycles. The van der Waals surface area contributed by atoms with E-state index in [0.717, 1.165) is 12.1 Å². The molecular formula is C12H8F3N3. The van der Waals surface area contributed by atoms with E-state index in [9.17, 15) is 13.2 Å². The van der Waals surface area contributed by atoms with E-state index in [-0.39, 0.29) is 12.0 Å². The van der Waals surface area contributed by atoms with Crippen LogP contribution < -0.4 is 5.32 Å². The summed E-state index contributed by atoms with van der Waals surface area (Å²) in [5.74, 6) is 0. The number of nitrogens with one attached hydrogen (secondary N) is 1. The highest BCUT2D eigenvalue weighted by Gasteiger charge is 2.29. The monoisotopic (exact) mass is 251 g/mol. The summed E-state index contributed by atoms with van der Waals surface area (Å²) in [4.78, 5) is 0. The lowest BCUT2D eigenvalue weighted by atomic mass is 10.2. The normalized spacial score (nSPS) is 11.5. The van der Waals surface area contributed by atoms with Gasteiger partial charge in [0.25, 0.3) is 0 Å². The quantitative estimate of drug-likeness (QED) is 0.837. The van der Waals surface area contributed by atoms with Crippen LogP contribution in [-0.4, -0.2) is 0 Å². The van der Waals surface area contributed by atoms with Gasteiger partial charge in [0.1, 0.15) is 0 Å². The van der Waals surface area contributed by atoms with Gasteiger partial charge in [0, 0.05) is 11.9 Å². The summed E-state index contributed by atoms with van der Waals surface area (Å²) in [7, 11) is 0. The van der Waals surface area contributed by atoms with Crippen molar-refractivity contribution in [1.29, 1.82) is 10.5 Å². The maximum absolute atomic E-state index is 12.3. The molecule has 0 spiro atoms. The Hall–Kier alpha value is -2.47. The van der Waals surface area contributed by atoms with Gasteiger partial charge in [-0.2, -0.15) is 23.7 Å². The molecule has 0 radical (unpaired) electrons. The van der Waals surface area contributed by atoms with E-state index < -0.39 is 11.7 Å². The second kappa shape index (κ2) is 5.74. The Morgan fingerprint density at radius 2 is 1.83 bits per heavy atom. The number of hydrogen-bond donors (Lipinski definition) is 1. The third kappa shape index (κ3) is 3.84. The molecule has 6 heteroatoms. The first-order valence-electron chi connectivity index (χ1n) is 4.87. The second-order valence-corrected chi connectivity index (χ2v) is 3.34. The number of allylic oxidation sites excluding steroid dienone is 1. The first-order chi connectivity index (χ1) is 8.47. The van der Waals surface area contributed by atoms with Crippen LogP contribution in [0.5, 0.6) is 0 Å². The molecule has 0 aliphatic carbocycles.